The third-order valence-electron chi connectivity index (χ3n) is 6.21. The Kier molecular flexibility index (Phi) is 5.62. The van der Waals surface area contributed by atoms with Crippen LogP contribution in [-0.2, 0) is 6.54 Å². The van der Waals surface area contributed by atoms with Crippen molar-refractivity contribution < 1.29 is 0 Å². The SMILES string of the molecule is N#Cc1cnc2c(Cl)cc(NCc3cn(C4CCNCC4)nn3)cc2c1NC1CCC1. The van der Waals surface area contributed by atoms with Gasteiger partial charge < -0.3 is 16.0 Å². The smallest absolute Gasteiger partial charge is 0.103 e. The van der Waals surface area contributed by atoms with Crippen LogP contribution < -0.4 is 16.0 Å². The van der Waals surface area contributed by atoms with Gasteiger partial charge in [-0.2, -0.15) is 5.26 Å². The van der Waals surface area contributed by atoms with E-state index in [0.29, 0.717) is 34.7 Å². The minimum absolute atomic E-state index is 0.401. The quantitative estimate of drug-likeness (QED) is 0.539. The molecular formula is C22H25ClN8. The molecule has 3 heterocycles. The Morgan fingerprint density at radius 2 is 2.06 bits per heavy atom. The molecule has 8 nitrogen and oxygen atoms in total. The average Bonchev–Trinajstić information content (AvgIpc) is 3.24. The van der Waals surface area contributed by atoms with Crippen molar-refractivity contribution in [1.29, 1.82) is 5.26 Å². The molecule has 2 aliphatic rings. The molecule has 1 aliphatic heterocycles. The van der Waals surface area contributed by atoms with Crippen LogP contribution in [0.15, 0.2) is 24.5 Å². The monoisotopic (exact) mass is 436 g/mol. The average molecular weight is 437 g/mol. The first-order valence-electron chi connectivity index (χ1n) is 10.9. The molecule has 1 aromatic carbocycles. The zero-order valence-electron chi connectivity index (χ0n) is 17.2. The summed E-state index contributed by atoms with van der Waals surface area (Å²) < 4.78 is 1.98. The van der Waals surface area contributed by atoms with Crippen molar-refractivity contribution in [2.75, 3.05) is 23.7 Å². The van der Waals surface area contributed by atoms with E-state index in [1.165, 1.54) is 6.42 Å². The van der Waals surface area contributed by atoms with Crippen LogP contribution >= 0.6 is 11.6 Å². The summed E-state index contributed by atoms with van der Waals surface area (Å²) in [6, 6.07) is 6.94. The third-order valence-corrected chi connectivity index (χ3v) is 6.50. The highest BCUT2D eigenvalue weighted by Gasteiger charge is 2.21. The number of fused-ring (bicyclic) bond motifs is 1. The molecule has 3 aromatic rings. The number of nitriles is 1. The predicted molar refractivity (Wildman–Crippen MR) is 121 cm³/mol. The summed E-state index contributed by atoms with van der Waals surface area (Å²) in [7, 11) is 0. The molecular weight excluding hydrogens is 412 g/mol. The first kappa shape index (κ1) is 20.0. The first-order chi connectivity index (χ1) is 15.2. The van der Waals surface area contributed by atoms with Crippen LogP contribution in [0.5, 0.6) is 0 Å². The molecule has 5 rings (SSSR count). The van der Waals surface area contributed by atoms with Crippen LogP contribution in [0.3, 0.4) is 0 Å². The van der Waals surface area contributed by atoms with Crippen molar-refractivity contribution >= 4 is 33.9 Å². The van der Waals surface area contributed by atoms with E-state index in [1.54, 1.807) is 6.20 Å². The largest absolute Gasteiger partial charge is 0.381 e. The number of nitrogens with zero attached hydrogens (tertiary/aromatic N) is 5. The Morgan fingerprint density at radius 1 is 1.23 bits per heavy atom. The van der Waals surface area contributed by atoms with Gasteiger partial charge in [0.15, 0.2) is 0 Å². The maximum atomic E-state index is 9.58. The number of piperidine rings is 1. The maximum Gasteiger partial charge on any atom is 0.103 e. The van der Waals surface area contributed by atoms with Crippen molar-refractivity contribution in [3.8, 4) is 6.07 Å². The van der Waals surface area contributed by atoms with Gasteiger partial charge in [-0.05, 0) is 57.3 Å². The molecule has 3 N–H and O–H groups in total. The fourth-order valence-corrected chi connectivity index (χ4v) is 4.46. The van der Waals surface area contributed by atoms with E-state index >= 15 is 0 Å². The van der Waals surface area contributed by atoms with Gasteiger partial charge in [0.1, 0.15) is 11.8 Å². The highest BCUT2D eigenvalue weighted by molar-refractivity contribution is 6.35. The Labute approximate surface area is 186 Å². The summed E-state index contributed by atoms with van der Waals surface area (Å²) in [6.45, 7) is 2.58. The second kappa shape index (κ2) is 8.69. The fraction of sp³-hybridized carbons (Fsp3) is 0.455. The topological polar surface area (TPSA) is 103 Å². The van der Waals surface area contributed by atoms with Gasteiger partial charge in [-0.15, -0.1) is 5.10 Å². The molecule has 160 valence electrons. The molecule has 0 bridgehead atoms. The van der Waals surface area contributed by atoms with E-state index in [2.05, 4.69) is 37.3 Å². The number of nitrogens with one attached hydrogen (secondary N) is 3. The number of hydrogen-bond donors (Lipinski definition) is 3. The molecule has 2 aromatic heterocycles. The Balaban J connectivity index is 1.38. The third kappa shape index (κ3) is 4.16. The second-order valence-electron chi connectivity index (χ2n) is 8.31. The number of aromatic nitrogens is 4. The van der Waals surface area contributed by atoms with Crippen LogP contribution in [0, 0.1) is 11.3 Å². The van der Waals surface area contributed by atoms with Gasteiger partial charge in [0, 0.05) is 23.3 Å². The fourth-order valence-electron chi connectivity index (χ4n) is 4.20. The highest BCUT2D eigenvalue weighted by Crippen LogP contribution is 2.35. The van der Waals surface area contributed by atoms with E-state index in [1.807, 2.05) is 23.0 Å². The summed E-state index contributed by atoms with van der Waals surface area (Å²) in [5.74, 6) is 0. The Bertz CT molecular complexity index is 1120. The van der Waals surface area contributed by atoms with Crippen LogP contribution in [0.2, 0.25) is 5.02 Å². The minimum atomic E-state index is 0.401. The van der Waals surface area contributed by atoms with Gasteiger partial charge in [0.25, 0.3) is 0 Å². The molecule has 1 aliphatic carbocycles. The maximum absolute atomic E-state index is 9.58. The van der Waals surface area contributed by atoms with Gasteiger partial charge in [0.05, 0.1) is 40.6 Å². The molecule has 0 radical (unpaired) electrons. The molecule has 0 atom stereocenters. The molecule has 9 heteroatoms. The highest BCUT2D eigenvalue weighted by atomic mass is 35.5. The molecule has 0 amide bonds. The van der Waals surface area contributed by atoms with Crippen LogP contribution in [-0.4, -0.2) is 39.1 Å². The number of rotatable bonds is 6. The summed E-state index contributed by atoms with van der Waals surface area (Å²) in [5.41, 5.74) is 3.80. The summed E-state index contributed by atoms with van der Waals surface area (Å²) in [6.07, 6.45) is 9.21. The van der Waals surface area contributed by atoms with Crippen molar-refractivity contribution in [3.63, 3.8) is 0 Å². The molecule has 0 spiro atoms. The van der Waals surface area contributed by atoms with Gasteiger partial charge in [0.2, 0.25) is 0 Å². The lowest BCUT2D eigenvalue weighted by Gasteiger charge is -2.28. The number of anilines is 2. The zero-order chi connectivity index (χ0) is 21.2. The normalized spacial score (nSPS) is 17.3. The molecule has 2 fully saturated rings. The zero-order valence-corrected chi connectivity index (χ0v) is 18.0. The lowest BCUT2D eigenvalue weighted by molar-refractivity contribution is 0.337. The van der Waals surface area contributed by atoms with Gasteiger partial charge in [-0.25, -0.2) is 4.68 Å². The van der Waals surface area contributed by atoms with Crippen molar-refractivity contribution in [2.24, 2.45) is 0 Å². The van der Waals surface area contributed by atoms with E-state index in [9.17, 15) is 5.26 Å². The van der Waals surface area contributed by atoms with Gasteiger partial charge in [-0.3, -0.25) is 4.98 Å². The summed E-state index contributed by atoms with van der Waals surface area (Å²) >= 11 is 6.55. The summed E-state index contributed by atoms with van der Waals surface area (Å²) in [4.78, 5) is 4.42. The Hall–Kier alpha value is -2.89. The van der Waals surface area contributed by atoms with Crippen LogP contribution in [0.25, 0.3) is 10.9 Å². The first-order valence-corrected chi connectivity index (χ1v) is 11.2. The molecule has 31 heavy (non-hydrogen) atoms. The minimum Gasteiger partial charge on any atom is -0.381 e. The molecule has 0 unspecified atom stereocenters. The second-order valence-corrected chi connectivity index (χ2v) is 8.72. The standard InChI is InChI=1S/C22H25ClN8/c23-20-9-16(26-12-17-13-31(30-29-17)18-4-6-25-7-5-18)8-19-21(28-15-2-1-3-15)14(10-24)11-27-22(19)20/h8-9,11,13,15,18,25-26H,1-7,12H2,(H,27,28). The molecule has 1 saturated carbocycles. The van der Waals surface area contributed by atoms with Crippen molar-refractivity contribution in [1.82, 2.24) is 25.3 Å². The van der Waals surface area contributed by atoms with E-state index < -0.39 is 0 Å². The predicted octanol–water partition coefficient (Wildman–Crippen LogP) is 3.85. The number of benzene rings is 1. The van der Waals surface area contributed by atoms with Crippen LogP contribution in [0.4, 0.5) is 11.4 Å². The van der Waals surface area contributed by atoms with Gasteiger partial charge in [-0.1, -0.05) is 16.8 Å². The number of hydrogen-bond acceptors (Lipinski definition) is 7. The number of halogens is 1. The van der Waals surface area contributed by atoms with Crippen molar-refractivity contribution in [2.45, 2.75) is 50.7 Å². The Morgan fingerprint density at radius 3 is 2.81 bits per heavy atom. The van der Waals surface area contributed by atoms with Gasteiger partial charge >= 0.3 is 0 Å². The van der Waals surface area contributed by atoms with E-state index in [0.717, 1.165) is 61.2 Å². The lowest BCUT2D eigenvalue weighted by Crippen LogP contribution is -2.29. The van der Waals surface area contributed by atoms with E-state index in [-0.39, 0.29) is 0 Å². The van der Waals surface area contributed by atoms with Crippen LogP contribution in [0.1, 0.15) is 49.4 Å². The van der Waals surface area contributed by atoms with Crippen molar-refractivity contribution in [3.05, 3.63) is 40.8 Å². The summed E-state index contributed by atoms with van der Waals surface area (Å²) in [5, 5.41) is 29.9. The lowest BCUT2D eigenvalue weighted by atomic mass is 9.92. The molecule has 1 saturated heterocycles. The number of pyridine rings is 1. The van der Waals surface area contributed by atoms with E-state index in [4.69, 9.17) is 11.6 Å².